The molecule has 28 heavy (non-hydrogen) atoms. The summed E-state index contributed by atoms with van der Waals surface area (Å²) in [5, 5.41) is 0. The maximum absolute atomic E-state index is 5.98. The van der Waals surface area contributed by atoms with Crippen molar-refractivity contribution in [1.29, 1.82) is 0 Å². The van der Waals surface area contributed by atoms with Crippen LogP contribution in [0.15, 0.2) is 66.7 Å². The van der Waals surface area contributed by atoms with E-state index in [1.165, 1.54) is 21.6 Å². The quantitative estimate of drug-likeness (QED) is 0.713. The molecule has 0 aliphatic carbocycles. The number of hydrogen-bond acceptors (Lipinski definition) is 3. The van der Waals surface area contributed by atoms with Crippen molar-refractivity contribution in [3.05, 3.63) is 83.4 Å². The fraction of sp³-hybridized carbons (Fsp3) is 0.250. The molecular formula is C24H26NO3+. The number of fused-ring (bicyclic) bond motifs is 1. The molecule has 4 rings (SSSR count). The second-order valence-corrected chi connectivity index (χ2v) is 7.14. The van der Waals surface area contributed by atoms with E-state index in [4.69, 9.17) is 14.2 Å². The van der Waals surface area contributed by atoms with Crippen molar-refractivity contribution in [3.63, 3.8) is 0 Å². The Morgan fingerprint density at radius 1 is 0.786 bits per heavy atom. The molecule has 0 saturated heterocycles. The Kier molecular flexibility index (Phi) is 5.49. The van der Waals surface area contributed by atoms with Gasteiger partial charge in [0.2, 0.25) is 0 Å². The molecule has 1 atom stereocenters. The molecule has 3 aromatic rings. The lowest BCUT2D eigenvalue weighted by atomic mass is 9.98. The molecule has 0 radical (unpaired) electrons. The summed E-state index contributed by atoms with van der Waals surface area (Å²) in [5.41, 5.74) is 3.99. The van der Waals surface area contributed by atoms with Gasteiger partial charge in [-0.2, -0.15) is 0 Å². The van der Waals surface area contributed by atoms with E-state index < -0.39 is 0 Å². The molecule has 0 aromatic heterocycles. The van der Waals surface area contributed by atoms with Crippen LogP contribution < -0.4 is 19.1 Å². The van der Waals surface area contributed by atoms with Crippen LogP contribution in [-0.2, 0) is 19.5 Å². The lowest BCUT2D eigenvalue weighted by Crippen LogP contribution is -3.10. The largest absolute Gasteiger partial charge is 0.493 e. The molecule has 0 saturated carbocycles. The monoisotopic (exact) mass is 376 g/mol. The van der Waals surface area contributed by atoms with E-state index in [2.05, 4.69) is 30.3 Å². The fourth-order valence-electron chi connectivity index (χ4n) is 3.81. The molecule has 0 bridgehead atoms. The number of hydrogen-bond donors (Lipinski definition) is 1. The predicted molar refractivity (Wildman–Crippen MR) is 109 cm³/mol. The Morgan fingerprint density at radius 2 is 1.50 bits per heavy atom. The molecule has 4 heteroatoms. The number of quaternary nitrogens is 1. The average Bonchev–Trinajstić information content (AvgIpc) is 2.73. The zero-order valence-electron chi connectivity index (χ0n) is 16.4. The number of nitrogens with one attached hydrogen (secondary N) is 1. The van der Waals surface area contributed by atoms with E-state index in [0.717, 1.165) is 49.1 Å². The first kappa shape index (κ1) is 18.4. The Morgan fingerprint density at radius 3 is 2.25 bits per heavy atom. The lowest BCUT2D eigenvalue weighted by Gasteiger charge is -2.27. The second kappa shape index (κ2) is 8.36. The van der Waals surface area contributed by atoms with Crippen molar-refractivity contribution >= 4 is 0 Å². The van der Waals surface area contributed by atoms with Crippen LogP contribution in [0, 0.1) is 0 Å². The second-order valence-electron chi connectivity index (χ2n) is 7.14. The smallest absolute Gasteiger partial charge is 0.161 e. The molecule has 0 spiro atoms. The predicted octanol–water partition coefficient (Wildman–Crippen LogP) is 3.64. The highest BCUT2D eigenvalue weighted by molar-refractivity contribution is 5.47. The number of para-hydroxylation sites is 1. The third-order valence-corrected chi connectivity index (χ3v) is 5.23. The van der Waals surface area contributed by atoms with Gasteiger partial charge in [0.15, 0.2) is 11.5 Å². The van der Waals surface area contributed by atoms with Crippen molar-refractivity contribution < 1.29 is 19.1 Å². The topological polar surface area (TPSA) is 32.1 Å². The van der Waals surface area contributed by atoms with Crippen molar-refractivity contribution in [2.75, 3.05) is 20.8 Å². The molecular weight excluding hydrogens is 350 g/mol. The van der Waals surface area contributed by atoms with Gasteiger partial charge in [0.1, 0.15) is 24.6 Å². The molecule has 1 N–H and O–H groups in total. The summed E-state index contributed by atoms with van der Waals surface area (Å²) >= 11 is 0. The van der Waals surface area contributed by atoms with E-state index in [0.29, 0.717) is 0 Å². The Bertz CT molecular complexity index is 940. The van der Waals surface area contributed by atoms with Gasteiger partial charge in [-0.25, -0.2) is 0 Å². The lowest BCUT2D eigenvalue weighted by molar-refractivity contribution is -0.929. The SMILES string of the molecule is COc1cc2c(cc1OC)C[NH+](Cc1cccc(Oc3ccccc3)c1)CC2. The fourth-order valence-corrected chi connectivity index (χ4v) is 3.81. The van der Waals surface area contributed by atoms with Gasteiger partial charge in [-0.05, 0) is 42.0 Å². The standard InChI is InChI=1S/C24H25NO3/c1-26-23-14-19-11-12-25(17-20(19)15-24(23)27-2)16-18-7-6-10-22(13-18)28-21-8-4-3-5-9-21/h3-10,13-15H,11-12,16-17H2,1-2H3/p+1. The summed E-state index contributed by atoms with van der Waals surface area (Å²) in [5.74, 6) is 3.36. The van der Waals surface area contributed by atoms with Gasteiger partial charge in [0.25, 0.3) is 0 Å². The number of methoxy groups -OCH3 is 2. The molecule has 0 amide bonds. The van der Waals surface area contributed by atoms with Crippen molar-refractivity contribution in [1.82, 2.24) is 0 Å². The van der Waals surface area contributed by atoms with Gasteiger partial charge < -0.3 is 19.1 Å². The first-order chi connectivity index (χ1) is 13.7. The van der Waals surface area contributed by atoms with Gasteiger partial charge in [-0.1, -0.05) is 30.3 Å². The van der Waals surface area contributed by atoms with Crippen LogP contribution in [0.2, 0.25) is 0 Å². The van der Waals surface area contributed by atoms with Crippen molar-refractivity contribution in [3.8, 4) is 23.0 Å². The summed E-state index contributed by atoms with van der Waals surface area (Å²) in [6.45, 7) is 3.06. The van der Waals surface area contributed by atoms with Gasteiger partial charge in [0, 0.05) is 17.5 Å². The van der Waals surface area contributed by atoms with E-state index in [1.807, 2.05) is 36.4 Å². The van der Waals surface area contributed by atoms with Crippen molar-refractivity contribution in [2.24, 2.45) is 0 Å². The molecule has 3 aromatic carbocycles. The van der Waals surface area contributed by atoms with Crippen LogP contribution in [0.1, 0.15) is 16.7 Å². The molecule has 1 heterocycles. The highest BCUT2D eigenvalue weighted by Crippen LogP contribution is 2.31. The van der Waals surface area contributed by atoms with Gasteiger partial charge in [-0.15, -0.1) is 0 Å². The highest BCUT2D eigenvalue weighted by atomic mass is 16.5. The summed E-state index contributed by atoms with van der Waals surface area (Å²) in [6.07, 6.45) is 1.05. The number of rotatable bonds is 6. The maximum atomic E-state index is 5.98. The normalized spacial score (nSPS) is 15.6. The minimum Gasteiger partial charge on any atom is -0.493 e. The number of ether oxygens (including phenoxy) is 3. The van der Waals surface area contributed by atoms with Gasteiger partial charge >= 0.3 is 0 Å². The minimum absolute atomic E-state index is 0.806. The van der Waals surface area contributed by atoms with Gasteiger partial charge in [-0.3, -0.25) is 0 Å². The summed E-state index contributed by atoms with van der Waals surface area (Å²) in [7, 11) is 3.38. The number of benzene rings is 3. The molecule has 1 aliphatic rings. The maximum Gasteiger partial charge on any atom is 0.161 e. The summed E-state index contributed by atoms with van der Waals surface area (Å²) < 4.78 is 16.9. The zero-order valence-corrected chi connectivity index (χ0v) is 16.4. The third-order valence-electron chi connectivity index (χ3n) is 5.23. The average molecular weight is 376 g/mol. The Labute approximate surface area is 166 Å². The van der Waals surface area contributed by atoms with E-state index >= 15 is 0 Å². The van der Waals surface area contributed by atoms with Crippen LogP contribution in [0.5, 0.6) is 23.0 Å². The Balaban J connectivity index is 1.46. The zero-order chi connectivity index (χ0) is 19.3. The highest BCUT2D eigenvalue weighted by Gasteiger charge is 2.22. The first-order valence-electron chi connectivity index (χ1n) is 9.64. The van der Waals surface area contributed by atoms with E-state index in [-0.39, 0.29) is 0 Å². The van der Waals surface area contributed by atoms with Crippen LogP contribution in [-0.4, -0.2) is 20.8 Å². The van der Waals surface area contributed by atoms with Crippen LogP contribution >= 0.6 is 0 Å². The van der Waals surface area contributed by atoms with Crippen LogP contribution in [0.3, 0.4) is 0 Å². The van der Waals surface area contributed by atoms with E-state index in [1.54, 1.807) is 14.2 Å². The third kappa shape index (κ3) is 4.12. The van der Waals surface area contributed by atoms with Crippen LogP contribution in [0.4, 0.5) is 0 Å². The molecule has 1 aliphatic heterocycles. The minimum atomic E-state index is 0.806. The summed E-state index contributed by atoms with van der Waals surface area (Å²) in [6, 6.07) is 22.6. The molecule has 144 valence electrons. The summed E-state index contributed by atoms with van der Waals surface area (Å²) in [4.78, 5) is 1.54. The first-order valence-corrected chi connectivity index (χ1v) is 9.64. The van der Waals surface area contributed by atoms with E-state index in [9.17, 15) is 0 Å². The van der Waals surface area contributed by atoms with Crippen LogP contribution in [0.25, 0.3) is 0 Å². The molecule has 0 fully saturated rings. The molecule has 1 unspecified atom stereocenters. The Hall–Kier alpha value is -2.98. The van der Waals surface area contributed by atoms with Gasteiger partial charge in [0.05, 0.1) is 20.8 Å². The van der Waals surface area contributed by atoms with Crippen molar-refractivity contribution in [2.45, 2.75) is 19.5 Å². The molecule has 4 nitrogen and oxygen atoms in total.